The fourth-order valence-corrected chi connectivity index (χ4v) is 4.54. The van der Waals surface area contributed by atoms with Crippen LogP contribution in [0.4, 0.5) is 4.79 Å². The molecule has 3 amide bonds. The van der Waals surface area contributed by atoms with E-state index in [-0.39, 0.29) is 17.9 Å². The van der Waals surface area contributed by atoms with Crippen LogP contribution in [0.25, 0.3) is 0 Å². The number of ether oxygens (including phenoxy) is 1. The van der Waals surface area contributed by atoms with Crippen LogP contribution in [0.5, 0.6) is 0 Å². The van der Waals surface area contributed by atoms with Gasteiger partial charge in [0, 0.05) is 51.7 Å². The molecule has 2 aliphatic rings. The number of carbonyl (C=O) groups is 2. The van der Waals surface area contributed by atoms with Crippen LogP contribution in [-0.2, 0) is 9.53 Å². The normalized spacial score (nSPS) is 17.2. The number of piperazine rings is 1. The Hall–Kier alpha value is -2.90. The van der Waals surface area contributed by atoms with Gasteiger partial charge >= 0.3 is 6.03 Å². The summed E-state index contributed by atoms with van der Waals surface area (Å²) in [6.07, 6.45) is 0.831. The Bertz CT molecular complexity index is 839. The van der Waals surface area contributed by atoms with Gasteiger partial charge in [0.05, 0.1) is 19.8 Å². The maximum Gasteiger partial charge on any atom is 0.317 e. The minimum Gasteiger partial charge on any atom is -0.379 e. The number of hydrogen-bond donors (Lipinski definition) is 1. The molecule has 2 saturated heterocycles. The molecule has 2 fully saturated rings. The van der Waals surface area contributed by atoms with Crippen molar-refractivity contribution in [3.8, 4) is 0 Å². The van der Waals surface area contributed by atoms with E-state index in [0.717, 1.165) is 19.5 Å². The van der Waals surface area contributed by atoms with Crippen molar-refractivity contribution in [1.82, 2.24) is 20.0 Å². The summed E-state index contributed by atoms with van der Waals surface area (Å²) in [4.78, 5) is 31.2. The Morgan fingerprint density at radius 3 is 1.91 bits per heavy atom. The monoisotopic (exact) mass is 450 g/mol. The molecule has 0 unspecified atom stereocenters. The molecule has 2 heterocycles. The van der Waals surface area contributed by atoms with Crippen molar-refractivity contribution in [2.24, 2.45) is 0 Å². The van der Waals surface area contributed by atoms with Gasteiger partial charge in [-0.2, -0.15) is 0 Å². The van der Waals surface area contributed by atoms with E-state index in [0.29, 0.717) is 52.5 Å². The average molecular weight is 451 g/mol. The van der Waals surface area contributed by atoms with Crippen molar-refractivity contribution in [3.63, 3.8) is 0 Å². The first-order chi connectivity index (χ1) is 16.2. The summed E-state index contributed by atoms with van der Waals surface area (Å²) in [7, 11) is 0. The van der Waals surface area contributed by atoms with Gasteiger partial charge in [-0.05, 0) is 17.5 Å². The highest BCUT2D eigenvalue weighted by atomic mass is 16.5. The summed E-state index contributed by atoms with van der Waals surface area (Å²) in [5.41, 5.74) is 2.51. The van der Waals surface area contributed by atoms with E-state index in [4.69, 9.17) is 4.74 Å². The minimum absolute atomic E-state index is 0.0462. The predicted octanol–water partition coefficient (Wildman–Crippen LogP) is 2.39. The lowest BCUT2D eigenvalue weighted by molar-refractivity contribution is -0.134. The summed E-state index contributed by atoms with van der Waals surface area (Å²) in [6, 6.07) is 20.8. The molecule has 0 spiro atoms. The van der Waals surface area contributed by atoms with Crippen molar-refractivity contribution >= 4 is 11.9 Å². The highest BCUT2D eigenvalue weighted by molar-refractivity contribution is 5.79. The lowest BCUT2D eigenvalue weighted by Gasteiger charge is -2.36. The second-order valence-corrected chi connectivity index (χ2v) is 8.65. The first-order valence-corrected chi connectivity index (χ1v) is 11.9. The quantitative estimate of drug-likeness (QED) is 0.704. The number of hydrogen-bond acceptors (Lipinski definition) is 4. The molecule has 2 aromatic rings. The molecule has 0 aliphatic carbocycles. The lowest BCUT2D eigenvalue weighted by Crippen LogP contribution is -2.55. The highest BCUT2D eigenvalue weighted by Gasteiger charge is 2.26. The van der Waals surface area contributed by atoms with E-state index in [9.17, 15) is 9.59 Å². The zero-order chi connectivity index (χ0) is 22.9. The summed E-state index contributed by atoms with van der Waals surface area (Å²) < 4.78 is 5.35. The van der Waals surface area contributed by atoms with Crippen LogP contribution in [0.3, 0.4) is 0 Å². The highest BCUT2D eigenvalue weighted by Crippen LogP contribution is 2.27. The van der Waals surface area contributed by atoms with Gasteiger partial charge in [0.1, 0.15) is 0 Å². The Morgan fingerprint density at radius 2 is 1.33 bits per heavy atom. The molecule has 176 valence electrons. The topological polar surface area (TPSA) is 65.1 Å². The van der Waals surface area contributed by atoms with Crippen molar-refractivity contribution in [1.29, 1.82) is 0 Å². The van der Waals surface area contributed by atoms with E-state index in [1.54, 1.807) is 0 Å². The number of nitrogens with zero attached hydrogens (tertiary/aromatic N) is 3. The van der Waals surface area contributed by atoms with E-state index in [2.05, 4.69) is 58.7 Å². The Labute approximate surface area is 196 Å². The molecular weight excluding hydrogens is 416 g/mol. The minimum atomic E-state index is -0.0462. The number of amides is 3. The van der Waals surface area contributed by atoms with E-state index < -0.39 is 0 Å². The smallest absolute Gasteiger partial charge is 0.317 e. The second-order valence-electron chi connectivity index (χ2n) is 8.65. The van der Waals surface area contributed by atoms with Crippen LogP contribution in [0.15, 0.2) is 60.7 Å². The van der Waals surface area contributed by atoms with Crippen molar-refractivity contribution in [3.05, 3.63) is 71.8 Å². The molecule has 0 bridgehead atoms. The van der Waals surface area contributed by atoms with Crippen molar-refractivity contribution in [2.75, 3.05) is 65.6 Å². The van der Waals surface area contributed by atoms with E-state index in [1.165, 1.54) is 11.1 Å². The first-order valence-electron chi connectivity index (χ1n) is 11.9. The number of urea groups is 1. The van der Waals surface area contributed by atoms with Gasteiger partial charge in [0.25, 0.3) is 0 Å². The van der Waals surface area contributed by atoms with Gasteiger partial charge in [-0.15, -0.1) is 0 Å². The molecule has 2 aliphatic heterocycles. The molecular formula is C26H34N4O3. The van der Waals surface area contributed by atoms with Gasteiger partial charge in [0.2, 0.25) is 5.91 Å². The lowest BCUT2D eigenvalue weighted by atomic mass is 9.88. The van der Waals surface area contributed by atoms with Crippen LogP contribution >= 0.6 is 0 Å². The van der Waals surface area contributed by atoms with Crippen molar-refractivity contribution < 1.29 is 14.3 Å². The Kier molecular flexibility index (Phi) is 8.33. The summed E-state index contributed by atoms with van der Waals surface area (Å²) in [5, 5.41) is 3.09. The van der Waals surface area contributed by atoms with Gasteiger partial charge in [0.15, 0.2) is 0 Å². The molecule has 1 N–H and O–H groups in total. The van der Waals surface area contributed by atoms with Gasteiger partial charge in [-0.3, -0.25) is 9.69 Å². The molecule has 0 aromatic heterocycles. The third kappa shape index (κ3) is 6.55. The molecule has 0 saturated carbocycles. The van der Waals surface area contributed by atoms with Crippen LogP contribution < -0.4 is 5.32 Å². The van der Waals surface area contributed by atoms with Crippen molar-refractivity contribution in [2.45, 2.75) is 12.3 Å². The van der Waals surface area contributed by atoms with Crippen LogP contribution in [0.1, 0.15) is 23.5 Å². The van der Waals surface area contributed by atoms with Gasteiger partial charge < -0.3 is 19.9 Å². The summed E-state index contributed by atoms with van der Waals surface area (Å²) in [5.74, 6) is 0.382. The number of morpholine rings is 1. The standard InChI is InChI=1S/C26H34N4O3/c31-25(21-28-17-19-33-20-18-28)29-13-15-30(16-14-29)26(32)27-12-11-24(22-7-3-1-4-8-22)23-9-5-2-6-10-23/h1-10,24H,11-21H2,(H,27,32). The fraction of sp³-hybridized carbons (Fsp3) is 0.462. The molecule has 0 atom stereocenters. The predicted molar refractivity (Wildman–Crippen MR) is 128 cm³/mol. The number of rotatable bonds is 7. The van der Waals surface area contributed by atoms with E-state index >= 15 is 0 Å². The maximum absolute atomic E-state index is 12.7. The largest absolute Gasteiger partial charge is 0.379 e. The second kappa shape index (κ2) is 11.8. The SMILES string of the molecule is O=C(CN1CCOCC1)N1CCN(C(=O)NCCC(c2ccccc2)c2ccccc2)CC1. The number of carbonyl (C=O) groups excluding carboxylic acids is 2. The maximum atomic E-state index is 12.7. The first kappa shape index (κ1) is 23.3. The molecule has 4 rings (SSSR count). The zero-order valence-electron chi connectivity index (χ0n) is 19.2. The summed E-state index contributed by atoms with van der Waals surface area (Å²) >= 11 is 0. The molecule has 7 heteroatoms. The molecule has 0 radical (unpaired) electrons. The van der Waals surface area contributed by atoms with Crippen LogP contribution in [-0.4, -0.2) is 92.2 Å². The third-order valence-electron chi connectivity index (χ3n) is 6.50. The number of nitrogens with one attached hydrogen (secondary N) is 1. The van der Waals surface area contributed by atoms with Gasteiger partial charge in [-0.25, -0.2) is 4.79 Å². The number of benzene rings is 2. The molecule has 7 nitrogen and oxygen atoms in total. The zero-order valence-corrected chi connectivity index (χ0v) is 19.2. The van der Waals surface area contributed by atoms with E-state index in [1.807, 2.05) is 21.9 Å². The fourth-order valence-electron chi connectivity index (χ4n) is 4.54. The van der Waals surface area contributed by atoms with Gasteiger partial charge in [-0.1, -0.05) is 60.7 Å². The average Bonchev–Trinajstić information content (AvgIpc) is 2.88. The third-order valence-corrected chi connectivity index (χ3v) is 6.50. The Morgan fingerprint density at radius 1 is 0.788 bits per heavy atom. The summed E-state index contributed by atoms with van der Waals surface area (Å²) in [6.45, 7) is 6.36. The van der Waals surface area contributed by atoms with Crippen LogP contribution in [0.2, 0.25) is 0 Å². The molecule has 2 aromatic carbocycles. The Balaban J connectivity index is 1.23. The molecule has 33 heavy (non-hydrogen) atoms. The van der Waals surface area contributed by atoms with Crippen LogP contribution in [0, 0.1) is 0 Å².